The van der Waals surface area contributed by atoms with Crippen molar-refractivity contribution in [3.63, 3.8) is 0 Å². The van der Waals surface area contributed by atoms with E-state index in [1.165, 1.54) is 22.3 Å². The van der Waals surface area contributed by atoms with E-state index in [0.717, 1.165) is 117 Å². The highest BCUT2D eigenvalue weighted by Crippen LogP contribution is 2.61. The Labute approximate surface area is 764 Å². The molecule has 706 valence electrons. The van der Waals surface area contributed by atoms with Gasteiger partial charge in [0.15, 0.2) is 5.78 Å². The topological polar surface area (TPSA) is 411 Å². The van der Waals surface area contributed by atoms with Crippen molar-refractivity contribution in [2.24, 2.45) is 40.2 Å². The number of alkyl carbamates (subject to hydrolysis) is 1. The third-order valence-corrected chi connectivity index (χ3v) is 27.3. The lowest BCUT2D eigenvalue weighted by molar-refractivity contribution is -0.146. The molecule has 10 N–H and O–H groups in total. The zero-order valence-corrected chi connectivity index (χ0v) is 77.1. The van der Waals surface area contributed by atoms with Gasteiger partial charge >= 0.3 is 18.1 Å². The van der Waals surface area contributed by atoms with Gasteiger partial charge in [0.1, 0.15) is 23.9 Å². The Balaban J connectivity index is 0.547. The van der Waals surface area contributed by atoms with Crippen LogP contribution in [0.25, 0.3) is 22.5 Å². The van der Waals surface area contributed by atoms with Gasteiger partial charge in [-0.3, -0.25) is 38.4 Å². The number of nitrogens with two attached hydrogens (primary N) is 2. The molecule has 0 radical (unpaired) electrons. The Hall–Kier alpha value is -10.3. The van der Waals surface area contributed by atoms with Crippen molar-refractivity contribution in [3.05, 3.63) is 148 Å². The van der Waals surface area contributed by atoms with E-state index in [1.54, 1.807) is 43.0 Å². The second kappa shape index (κ2) is 48.7. The molecular weight excluding hydrogens is 1660 g/mol. The molecule has 2 fully saturated rings. The first-order valence-electron chi connectivity index (χ1n) is 46.8. The van der Waals surface area contributed by atoms with Crippen LogP contribution in [-0.4, -0.2) is 197 Å². The number of aliphatic carboxylic acids is 1. The number of rotatable bonds is 53. The molecule has 7 amide bonds. The number of urea groups is 1. The van der Waals surface area contributed by atoms with Crippen molar-refractivity contribution in [3.8, 4) is 22.5 Å². The van der Waals surface area contributed by atoms with Gasteiger partial charge in [0, 0.05) is 90.7 Å². The summed E-state index contributed by atoms with van der Waals surface area (Å²) in [5.41, 5.74) is 22.2. The van der Waals surface area contributed by atoms with Gasteiger partial charge in [-0.2, -0.15) is 0 Å². The van der Waals surface area contributed by atoms with Crippen molar-refractivity contribution in [1.82, 2.24) is 36.3 Å². The number of nitrogen functional groups attached to an aromatic ring is 1. The Morgan fingerprint density at radius 1 is 0.577 bits per heavy atom. The van der Waals surface area contributed by atoms with E-state index in [9.17, 15) is 48.3 Å². The van der Waals surface area contributed by atoms with E-state index in [1.807, 2.05) is 59.3 Å². The Morgan fingerprint density at radius 2 is 1.16 bits per heavy atom. The van der Waals surface area contributed by atoms with Crippen molar-refractivity contribution >= 4 is 76.1 Å². The number of fused-ring (bicyclic) bond motifs is 11. The number of carboxylic acid groups (broad SMARTS) is 1. The normalized spacial score (nSPS) is 20.2. The van der Waals surface area contributed by atoms with E-state index < -0.39 is 58.7 Å². The van der Waals surface area contributed by atoms with Crippen LogP contribution in [0.1, 0.15) is 209 Å². The van der Waals surface area contributed by atoms with Crippen LogP contribution in [0, 0.1) is 34.5 Å². The van der Waals surface area contributed by atoms with Gasteiger partial charge in [0.05, 0.1) is 129 Å². The number of para-hydroxylation sites is 1. The largest absolute Gasteiger partial charge is 0.481 e. The van der Waals surface area contributed by atoms with Crippen LogP contribution in [-0.2, 0) is 126 Å². The number of nitrogens with one attached hydrogen (secondary N) is 5. The molecule has 30 heteroatoms. The minimum Gasteiger partial charge on any atom is -0.481 e. The molecule has 6 aromatic rings. The summed E-state index contributed by atoms with van der Waals surface area (Å²) in [4.78, 5) is 137. The fourth-order valence-electron chi connectivity index (χ4n) is 20.3. The number of aromatic nitrogens is 3. The molecule has 0 spiro atoms. The van der Waals surface area contributed by atoms with Gasteiger partial charge in [-0.05, 0) is 181 Å². The lowest BCUT2D eigenvalue weighted by Gasteiger charge is -2.56. The third-order valence-electron chi connectivity index (χ3n) is 27.3. The summed E-state index contributed by atoms with van der Waals surface area (Å²) >= 11 is 0. The molecule has 4 aliphatic carbocycles. The molecule has 5 aliphatic rings. The maximum absolute atomic E-state index is 15.0. The molecule has 130 heavy (non-hydrogen) atoms. The van der Waals surface area contributed by atoms with Gasteiger partial charge < -0.3 is 86.0 Å². The van der Waals surface area contributed by atoms with Crippen molar-refractivity contribution in [2.75, 3.05) is 122 Å². The molecule has 1 aliphatic heterocycles. The zero-order valence-electron chi connectivity index (χ0n) is 77.1. The summed E-state index contributed by atoms with van der Waals surface area (Å²) in [5.74, 6) is -3.78. The first-order chi connectivity index (χ1) is 62.6. The predicted molar refractivity (Wildman–Crippen MR) is 493 cm³/mol. The maximum atomic E-state index is 15.0. The van der Waals surface area contributed by atoms with Crippen LogP contribution in [0.4, 0.5) is 26.7 Å². The quantitative estimate of drug-likeness (QED) is 0.00998. The molecular formula is C100H137N11O19. The lowest BCUT2D eigenvalue weighted by Crippen LogP contribution is -2.55. The number of hydrogen-bond acceptors (Lipinski definition) is 21. The van der Waals surface area contributed by atoms with E-state index >= 15 is 4.79 Å². The molecule has 0 saturated heterocycles. The molecule has 11 rings (SSSR count). The highest BCUT2D eigenvalue weighted by atomic mass is 16.6. The number of ether oxygens (including phenoxy) is 8. The predicted octanol–water partition coefficient (Wildman–Crippen LogP) is 13.0. The third kappa shape index (κ3) is 27.0. The molecule has 1 aromatic heterocycles. The number of Topliss-reactive ketones (excluding diaryl/α,β-unsaturated/α-hetero) is 3. The monoisotopic (exact) mass is 1800 g/mol. The average molecular weight is 1800 g/mol. The van der Waals surface area contributed by atoms with E-state index in [0.29, 0.717) is 81.5 Å². The number of benzene rings is 5. The number of ketones is 3. The Kier molecular flexibility index (Phi) is 37.5. The van der Waals surface area contributed by atoms with Gasteiger partial charge in [-0.25, -0.2) is 14.3 Å². The number of amides is 7. The van der Waals surface area contributed by atoms with Crippen LogP contribution in [0.2, 0.25) is 0 Å². The summed E-state index contributed by atoms with van der Waals surface area (Å²) in [6, 6.07) is 32.3. The maximum Gasteiger partial charge on any atom is 0.407 e. The standard InChI is InChI=1S/C100H137N11O19/c1-8-9-46-123-50-54-127-57-53-126-49-45-111-93-77-19-11-10-17-73(77)65-110(81-21-13-12-20-78(81)92(93)108-109-111)89(117)37-36-87(115)103-44-48-125-52-56-129-59-58-128-55-51-124-47-38-88(116)107-91(67(2)3)82(112)61-72(18-14-43-104-95(102)121)94(120)105-75-31-24-69(25-32-75)66-130-96(122)106-76(63-90(118)119)33-23-68-22-26-70-28-34-83-97(4,79(70)60-68)39-15-41-99(83,6)85(113)64-86(114)100(7)42-16-40-98(5)80-62-74(101)30-27-71(80)29-35-84(98)100/h10-13,17,19-22,24-27,30-32,60,62,67,72,76,83-84,91H,8-9,14-16,18,23,28-29,33-59,61,63-66,101H2,1-7H3,(H,103,115)(H,105,120)(H,106,122)(H,107,116)(H,118,119)(H3,102,104,121)/t72-,76-,83-,84-,91+,97-,98-,99+,100+/m1/s1. The molecule has 5 aromatic carbocycles. The fraction of sp³-hybridized carbons (Fsp3) is 0.580. The minimum atomic E-state index is -1.08. The number of anilines is 3. The van der Waals surface area contributed by atoms with Crippen molar-refractivity contribution in [2.45, 2.75) is 232 Å². The first kappa shape index (κ1) is 100. The average Bonchev–Trinajstić information content (AvgIpc) is 0.881. The van der Waals surface area contributed by atoms with Crippen LogP contribution in [0.3, 0.4) is 0 Å². The molecule has 30 nitrogen and oxygen atoms in total. The van der Waals surface area contributed by atoms with Crippen molar-refractivity contribution < 1.29 is 90.9 Å². The van der Waals surface area contributed by atoms with E-state index in [-0.39, 0.29) is 182 Å². The number of carbonyl (C=O) groups is 10. The van der Waals surface area contributed by atoms with Gasteiger partial charge in [0.2, 0.25) is 23.6 Å². The lowest BCUT2D eigenvalue weighted by atomic mass is 9.47. The summed E-state index contributed by atoms with van der Waals surface area (Å²) in [7, 11) is 0. The van der Waals surface area contributed by atoms with Crippen LogP contribution in [0.5, 0.6) is 0 Å². The first-order valence-corrected chi connectivity index (χ1v) is 46.8. The molecule has 0 bridgehead atoms. The van der Waals surface area contributed by atoms with Crippen LogP contribution < -0.4 is 43.0 Å². The Morgan fingerprint density at radius 3 is 1.79 bits per heavy atom. The number of unbranched alkanes of at least 4 members (excludes halogenated alkanes) is 1. The van der Waals surface area contributed by atoms with Crippen LogP contribution in [0.15, 0.2) is 109 Å². The van der Waals surface area contributed by atoms with Gasteiger partial charge in [-0.15, -0.1) is 5.10 Å². The summed E-state index contributed by atoms with van der Waals surface area (Å²) < 4.78 is 47.2. The highest BCUT2D eigenvalue weighted by molar-refractivity contribution is 6.05. The number of primary amides is 1. The van der Waals surface area contributed by atoms with Crippen molar-refractivity contribution in [1.29, 1.82) is 0 Å². The number of carbonyl (C=O) groups excluding carboxylic acids is 9. The number of carboxylic acids is 1. The Bertz CT molecular complexity index is 4830. The number of hydrogen-bond donors (Lipinski definition) is 8. The molecule has 2 saturated carbocycles. The smallest absolute Gasteiger partial charge is 0.407 e. The van der Waals surface area contributed by atoms with Crippen LogP contribution >= 0.6 is 0 Å². The van der Waals surface area contributed by atoms with E-state index in [4.69, 9.17) is 49.4 Å². The fourth-order valence-corrected chi connectivity index (χ4v) is 20.3. The summed E-state index contributed by atoms with van der Waals surface area (Å²) in [6.07, 6.45) is 10.5. The number of aryl methyl sites for hydroxylation is 3. The zero-order chi connectivity index (χ0) is 92.8. The second-order valence-corrected chi connectivity index (χ2v) is 36.7. The summed E-state index contributed by atoms with van der Waals surface area (Å²) in [6.45, 7) is 20.5. The molecule has 2 heterocycles. The minimum absolute atomic E-state index is 0.0186. The van der Waals surface area contributed by atoms with Gasteiger partial charge in [0.25, 0.3) is 0 Å². The summed E-state index contributed by atoms with van der Waals surface area (Å²) in [5, 5.41) is 33.0. The SMILES string of the molecule is CCCCOCCOCCOCCn1nnc2c1-c1ccccc1CN(C(=O)CCC(=O)NCCOCCOCCOCCOCCC(=O)N[C@H](C(=O)C[C@@H](CCCNC(N)=O)C(=O)Nc1ccc(COC(=O)N[C@H](CCc3ccc4c(c3)[C@@]3(C)CCC[C@](C)(C(=O)CC(=O)[C@@]5(C)CCC[C@]6(C)c7cc(N)ccc7CC[C@@H]56)[C@@H]3CC4)CC(=O)O)cc1)C(C)C)c1ccccc1-2. The van der Waals surface area contributed by atoms with Gasteiger partial charge in [-0.1, -0.05) is 152 Å². The highest BCUT2D eigenvalue weighted by Gasteiger charge is 2.58. The number of nitrogens with zero attached hydrogens (tertiary/aromatic N) is 4. The molecule has 9 atom stereocenters. The van der Waals surface area contributed by atoms with E-state index in [2.05, 4.69) is 102 Å². The second-order valence-electron chi connectivity index (χ2n) is 36.7. The molecule has 0 unspecified atom stereocenters.